The molecule has 0 bridgehead atoms. The standard InChI is InChI=1S/C23H16ClN3O3S/c1-12-4-3-5-13-10-25-11-18(20(12)13)27-22(28)21-17(26-23(27)29)9-19(31-21)15-8-14(30-2)6-7-16(15)24/h3-11H,1-2H3,(H,26,29). The maximum Gasteiger partial charge on any atom is 0.333 e. The van der Waals surface area contributed by atoms with E-state index in [1.165, 1.54) is 11.3 Å². The van der Waals surface area contributed by atoms with Gasteiger partial charge in [0.2, 0.25) is 0 Å². The van der Waals surface area contributed by atoms with Crippen molar-refractivity contribution in [3.63, 3.8) is 0 Å². The third kappa shape index (κ3) is 3.13. The van der Waals surface area contributed by atoms with Crippen molar-refractivity contribution in [2.45, 2.75) is 6.92 Å². The van der Waals surface area contributed by atoms with Crippen LogP contribution in [0.2, 0.25) is 5.02 Å². The van der Waals surface area contributed by atoms with Crippen molar-refractivity contribution in [3.8, 4) is 21.9 Å². The van der Waals surface area contributed by atoms with Crippen LogP contribution >= 0.6 is 22.9 Å². The molecule has 0 saturated heterocycles. The molecule has 0 fully saturated rings. The van der Waals surface area contributed by atoms with E-state index in [0.29, 0.717) is 26.7 Å². The van der Waals surface area contributed by atoms with Gasteiger partial charge in [0.05, 0.1) is 24.5 Å². The molecule has 0 saturated carbocycles. The highest BCUT2D eigenvalue weighted by atomic mass is 35.5. The third-order valence-corrected chi connectivity index (χ3v) is 6.71. The van der Waals surface area contributed by atoms with E-state index in [-0.39, 0.29) is 0 Å². The highest BCUT2D eigenvalue weighted by Gasteiger charge is 2.17. The molecule has 0 aliphatic carbocycles. The van der Waals surface area contributed by atoms with Gasteiger partial charge in [0.25, 0.3) is 5.56 Å². The molecule has 5 rings (SSSR count). The number of ether oxygens (including phenoxy) is 1. The van der Waals surface area contributed by atoms with E-state index in [0.717, 1.165) is 31.3 Å². The Morgan fingerprint density at radius 3 is 2.77 bits per heavy atom. The quantitative estimate of drug-likeness (QED) is 0.424. The molecule has 0 amide bonds. The first-order valence-corrected chi connectivity index (χ1v) is 10.6. The molecule has 3 heterocycles. The van der Waals surface area contributed by atoms with Gasteiger partial charge in [-0.2, -0.15) is 0 Å². The second-order valence-electron chi connectivity index (χ2n) is 7.10. The fourth-order valence-corrected chi connectivity index (χ4v) is 5.10. The van der Waals surface area contributed by atoms with Gasteiger partial charge in [0.1, 0.15) is 10.4 Å². The summed E-state index contributed by atoms with van der Waals surface area (Å²) in [6, 6.07) is 12.8. The largest absolute Gasteiger partial charge is 0.497 e. The highest BCUT2D eigenvalue weighted by molar-refractivity contribution is 7.22. The zero-order valence-corrected chi connectivity index (χ0v) is 18.2. The molecular weight excluding hydrogens is 434 g/mol. The van der Waals surface area contributed by atoms with E-state index in [2.05, 4.69) is 9.97 Å². The number of aromatic nitrogens is 3. The predicted molar refractivity (Wildman–Crippen MR) is 125 cm³/mol. The van der Waals surface area contributed by atoms with E-state index in [1.807, 2.05) is 31.2 Å². The second kappa shape index (κ2) is 7.37. The van der Waals surface area contributed by atoms with Crippen molar-refractivity contribution in [1.29, 1.82) is 0 Å². The summed E-state index contributed by atoms with van der Waals surface area (Å²) in [6.07, 6.45) is 3.27. The highest BCUT2D eigenvalue weighted by Crippen LogP contribution is 2.37. The van der Waals surface area contributed by atoms with E-state index in [1.54, 1.807) is 37.7 Å². The lowest BCUT2D eigenvalue weighted by Crippen LogP contribution is -2.33. The van der Waals surface area contributed by atoms with E-state index < -0.39 is 11.2 Å². The van der Waals surface area contributed by atoms with Crippen LogP contribution in [-0.2, 0) is 0 Å². The van der Waals surface area contributed by atoms with Crippen LogP contribution in [0.1, 0.15) is 5.56 Å². The number of thiophene rings is 1. The summed E-state index contributed by atoms with van der Waals surface area (Å²) < 4.78 is 6.87. The van der Waals surface area contributed by atoms with Crippen molar-refractivity contribution in [3.05, 3.63) is 86.3 Å². The molecule has 5 aromatic rings. The summed E-state index contributed by atoms with van der Waals surface area (Å²) >= 11 is 7.66. The van der Waals surface area contributed by atoms with Crippen molar-refractivity contribution in [1.82, 2.24) is 14.5 Å². The van der Waals surface area contributed by atoms with E-state index >= 15 is 0 Å². The number of halogens is 1. The lowest BCUT2D eigenvalue weighted by atomic mass is 10.1. The van der Waals surface area contributed by atoms with Crippen molar-refractivity contribution in [2.75, 3.05) is 7.11 Å². The maximum atomic E-state index is 13.4. The molecule has 0 atom stereocenters. The number of pyridine rings is 1. The Balaban J connectivity index is 1.79. The molecule has 0 aliphatic rings. The van der Waals surface area contributed by atoms with Crippen LogP contribution in [0.15, 0.2) is 64.4 Å². The van der Waals surface area contributed by atoms with Gasteiger partial charge < -0.3 is 9.72 Å². The normalized spacial score (nSPS) is 11.3. The SMILES string of the molecule is COc1ccc(Cl)c(-c2cc3[nH]c(=O)n(-c4cncc5cccc(C)c45)c(=O)c3s2)c1. The molecule has 31 heavy (non-hydrogen) atoms. The minimum Gasteiger partial charge on any atom is -0.497 e. The topological polar surface area (TPSA) is 77.0 Å². The van der Waals surface area contributed by atoms with Crippen LogP contribution in [0, 0.1) is 6.92 Å². The number of nitrogens with zero attached hydrogens (tertiary/aromatic N) is 2. The molecule has 0 spiro atoms. The van der Waals surface area contributed by atoms with Gasteiger partial charge >= 0.3 is 5.69 Å². The molecular formula is C23H16ClN3O3S. The Morgan fingerprint density at radius 2 is 1.97 bits per heavy atom. The number of nitrogens with one attached hydrogen (secondary N) is 1. The van der Waals surface area contributed by atoms with E-state index in [4.69, 9.17) is 16.3 Å². The van der Waals surface area contributed by atoms with Crippen LogP contribution in [-0.4, -0.2) is 21.6 Å². The Labute approximate surface area is 185 Å². The number of H-pyrrole nitrogens is 1. The molecule has 1 N–H and O–H groups in total. The number of benzene rings is 2. The molecule has 0 unspecified atom stereocenters. The molecule has 2 aromatic carbocycles. The monoisotopic (exact) mass is 449 g/mol. The number of hydrogen-bond donors (Lipinski definition) is 1. The summed E-state index contributed by atoms with van der Waals surface area (Å²) in [7, 11) is 1.58. The Kier molecular flexibility index (Phi) is 4.64. The van der Waals surface area contributed by atoms with Gasteiger partial charge in [-0.05, 0) is 36.8 Å². The number of methoxy groups -OCH3 is 1. The lowest BCUT2D eigenvalue weighted by molar-refractivity contribution is 0.415. The van der Waals surface area contributed by atoms with Crippen LogP contribution in [0.5, 0.6) is 5.75 Å². The summed E-state index contributed by atoms with van der Waals surface area (Å²) in [6.45, 7) is 1.94. The van der Waals surface area contributed by atoms with Crippen LogP contribution in [0.3, 0.4) is 0 Å². The summed E-state index contributed by atoms with van der Waals surface area (Å²) in [5.41, 5.74) is 1.70. The number of aryl methyl sites for hydroxylation is 1. The van der Waals surface area contributed by atoms with Crippen molar-refractivity contribution >= 4 is 43.9 Å². The predicted octanol–water partition coefficient (Wildman–Crippen LogP) is 4.93. The summed E-state index contributed by atoms with van der Waals surface area (Å²) in [4.78, 5) is 34.2. The van der Waals surface area contributed by atoms with Gasteiger partial charge in [-0.1, -0.05) is 29.8 Å². The lowest BCUT2D eigenvalue weighted by Gasteiger charge is -2.10. The smallest absolute Gasteiger partial charge is 0.333 e. The first kappa shape index (κ1) is 19.5. The van der Waals surface area contributed by atoms with Gasteiger partial charge in [-0.3, -0.25) is 9.78 Å². The summed E-state index contributed by atoms with van der Waals surface area (Å²) in [5.74, 6) is 0.653. The summed E-state index contributed by atoms with van der Waals surface area (Å²) in [5, 5.41) is 2.21. The third-order valence-electron chi connectivity index (χ3n) is 5.23. The molecule has 3 aromatic heterocycles. The van der Waals surface area contributed by atoms with Crippen LogP contribution < -0.4 is 16.0 Å². The zero-order chi connectivity index (χ0) is 21.7. The fraction of sp³-hybridized carbons (Fsp3) is 0.0870. The van der Waals surface area contributed by atoms with Crippen LogP contribution in [0.4, 0.5) is 0 Å². The molecule has 6 nitrogen and oxygen atoms in total. The maximum absolute atomic E-state index is 13.4. The average Bonchev–Trinajstić information content (AvgIpc) is 3.18. The van der Waals surface area contributed by atoms with Gasteiger partial charge in [0.15, 0.2) is 0 Å². The Bertz CT molecular complexity index is 1590. The second-order valence-corrected chi connectivity index (χ2v) is 8.56. The Morgan fingerprint density at radius 1 is 1.13 bits per heavy atom. The van der Waals surface area contributed by atoms with Gasteiger partial charge in [-0.15, -0.1) is 11.3 Å². The first-order valence-electron chi connectivity index (χ1n) is 9.44. The first-order chi connectivity index (χ1) is 15.0. The minimum atomic E-state index is -0.517. The molecule has 154 valence electrons. The zero-order valence-electron chi connectivity index (χ0n) is 16.6. The molecule has 0 radical (unpaired) electrons. The van der Waals surface area contributed by atoms with Gasteiger partial charge in [0, 0.05) is 32.4 Å². The molecule has 0 aliphatic heterocycles. The van der Waals surface area contributed by atoms with Gasteiger partial charge in [-0.25, -0.2) is 9.36 Å². The fourth-order valence-electron chi connectivity index (χ4n) is 3.75. The van der Waals surface area contributed by atoms with Crippen molar-refractivity contribution in [2.24, 2.45) is 0 Å². The van der Waals surface area contributed by atoms with Crippen molar-refractivity contribution < 1.29 is 4.74 Å². The average molecular weight is 450 g/mol. The number of fused-ring (bicyclic) bond motifs is 2. The number of hydrogen-bond acceptors (Lipinski definition) is 5. The van der Waals surface area contributed by atoms with E-state index in [9.17, 15) is 9.59 Å². The number of rotatable bonds is 3. The van der Waals surface area contributed by atoms with Crippen LogP contribution in [0.25, 0.3) is 37.1 Å². The Hall–Kier alpha value is -3.42. The minimum absolute atomic E-state index is 0.397. The number of aromatic amines is 1. The molecule has 8 heteroatoms.